The van der Waals surface area contributed by atoms with E-state index in [9.17, 15) is 9.18 Å². The van der Waals surface area contributed by atoms with Crippen LogP contribution in [0.5, 0.6) is 0 Å². The van der Waals surface area contributed by atoms with Crippen molar-refractivity contribution in [2.45, 2.75) is 32.4 Å². The van der Waals surface area contributed by atoms with Crippen LogP contribution in [0.4, 0.5) is 14.9 Å². The molecule has 0 aliphatic carbocycles. The van der Waals surface area contributed by atoms with Crippen LogP contribution in [-0.4, -0.2) is 76.0 Å². The van der Waals surface area contributed by atoms with Crippen molar-refractivity contribution in [3.63, 3.8) is 0 Å². The number of guanidine groups is 1. The first kappa shape index (κ1) is 22.1. The Morgan fingerprint density at radius 2 is 2.00 bits per heavy atom. The highest BCUT2D eigenvalue weighted by Gasteiger charge is 2.24. The molecule has 0 spiro atoms. The number of carbonyl (C=O) groups excluding carboxylic acids is 1. The summed E-state index contributed by atoms with van der Waals surface area (Å²) in [5, 5.41) is 6.64. The van der Waals surface area contributed by atoms with Crippen LogP contribution in [0, 0.1) is 5.82 Å². The SMILES string of the molecule is CCOC(=O)N1CCC(NC(=NC)NCc2ccc(N3CCOCC3)c(F)c2)CC1. The minimum absolute atomic E-state index is 0.217. The average molecular weight is 422 g/mol. The summed E-state index contributed by atoms with van der Waals surface area (Å²) in [5.41, 5.74) is 1.47. The number of likely N-dealkylation sites (tertiary alicyclic amines) is 1. The van der Waals surface area contributed by atoms with Crippen molar-refractivity contribution in [3.8, 4) is 0 Å². The van der Waals surface area contributed by atoms with Gasteiger partial charge in [0.2, 0.25) is 0 Å². The van der Waals surface area contributed by atoms with E-state index < -0.39 is 0 Å². The monoisotopic (exact) mass is 421 g/mol. The lowest BCUT2D eigenvalue weighted by molar-refractivity contribution is 0.0963. The zero-order valence-electron chi connectivity index (χ0n) is 17.8. The Morgan fingerprint density at radius 1 is 1.27 bits per heavy atom. The van der Waals surface area contributed by atoms with E-state index in [1.807, 2.05) is 24.0 Å². The molecule has 2 saturated heterocycles. The van der Waals surface area contributed by atoms with Gasteiger partial charge in [0.25, 0.3) is 0 Å². The number of hydrogen-bond acceptors (Lipinski definition) is 5. The predicted octanol–water partition coefficient (Wildman–Crippen LogP) is 1.95. The van der Waals surface area contributed by atoms with Gasteiger partial charge in [-0.1, -0.05) is 6.07 Å². The Bertz CT molecular complexity index is 731. The summed E-state index contributed by atoms with van der Waals surface area (Å²) in [6.07, 6.45) is 1.39. The molecule has 8 nitrogen and oxygen atoms in total. The molecule has 2 N–H and O–H groups in total. The molecule has 166 valence electrons. The van der Waals surface area contributed by atoms with E-state index in [1.165, 1.54) is 0 Å². The number of aliphatic imine (C=N–C) groups is 1. The Kier molecular flexibility index (Phi) is 8.12. The van der Waals surface area contributed by atoms with E-state index in [1.54, 1.807) is 18.0 Å². The summed E-state index contributed by atoms with van der Waals surface area (Å²) >= 11 is 0. The van der Waals surface area contributed by atoms with E-state index in [4.69, 9.17) is 9.47 Å². The highest BCUT2D eigenvalue weighted by molar-refractivity contribution is 5.80. The molecular weight excluding hydrogens is 389 g/mol. The summed E-state index contributed by atoms with van der Waals surface area (Å²) < 4.78 is 25.0. The van der Waals surface area contributed by atoms with E-state index in [0.29, 0.717) is 64.2 Å². The first-order valence-electron chi connectivity index (χ1n) is 10.6. The maximum absolute atomic E-state index is 14.6. The Hall–Kier alpha value is -2.55. The maximum atomic E-state index is 14.6. The van der Waals surface area contributed by atoms with Crippen LogP contribution in [-0.2, 0) is 16.0 Å². The fraction of sp³-hybridized carbons (Fsp3) is 0.619. The molecular formula is C21H32FN5O3. The van der Waals surface area contributed by atoms with Crippen LogP contribution in [0.3, 0.4) is 0 Å². The highest BCUT2D eigenvalue weighted by atomic mass is 19.1. The highest BCUT2D eigenvalue weighted by Crippen LogP contribution is 2.21. The number of hydrogen-bond donors (Lipinski definition) is 2. The van der Waals surface area contributed by atoms with Crippen LogP contribution in [0.15, 0.2) is 23.2 Å². The van der Waals surface area contributed by atoms with Gasteiger partial charge in [-0.15, -0.1) is 0 Å². The van der Waals surface area contributed by atoms with Gasteiger partial charge in [0.1, 0.15) is 5.82 Å². The van der Waals surface area contributed by atoms with Crippen molar-refractivity contribution in [1.29, 1.82) is 0 Å². The zero-order valence-corrected chi connectivity index (χ0v) is 17.8. The third-order valence-electron chi connectivity index (χ3n) is 5.41. The molecule has 2 fully saturated rings. The smallest absolute Gasteiger partial charge is 0.409 e. The molecule has 1 amide bonds. The second kappa shape index (κ2) is 11.0. The molecule has 2 heterocycles. The average Bonchev–Trinajstić information content (AvgIpc) is 2.78. The molecule has 9 heteroatoms. The van der Waals surface area contributed by atoms with Gasteiger partial charge in [-0.2, -0.15) is 0 Å². The number of anilines is 1. The van der Waals surface area contributed by atoms with Crippen LogP contribution >= 0.6 is 0 Å². The lowest BCUT2D eigenvalue weighted by Gasteiger charge is -2.32. The molecule has 3 rings (SSSR count). The lowest BCUT2D eigenvalue weighted by atomic mass is 10.1. The second-order valence-corrected chi connectivity index (χ2v) is 7.42. The number of benzene rings is 1. The van der Waals surface area contributed by atoms with Crippen LogP contribution < -0.4 is 15.5 Å². The summed E-state index contributed by atoms with van der Waals surface area (Å²) in [4.78, 5) is 19.8. The molecule has 30 heavy (non-hydrogen) atoms. The molecule has 0 saturated carbocycles. The van der Waals surface area contributed by atoms with Crippen molar-refractivity contribution in [2.24, 2.45) is 4.99 Å². The summed E-state index contributed by atoms with van der Waals surface area (Å²) in [5.74, 6) is 0.452. The Labute approximate surface area is 177 Å². The first-order valence-corrected chi connectivity index (χ1v) is 10.6. The molecule has 1 aromatic rings. The number of amides is 1. The minimum atomic E-state index is -0.249. The zero-order chi connectivity index (χ0) is 21.3. The Balaban J connectivity index is 1.46. The number of halogens is 1. The van der Waals surface area contributed by atoms with Gasteiger partial charge >= 0.3 is 6.09 Å². The topological polar surface area (TPSA) is 78.4 Å². The number of carbonyl (C=O) groups is 1. The van der Waals surface area contributed by atoms with Crippen LogP contribution in [0.2, 0.25) is 0 Å². The van der Waals surface area contributed by atoms with Gasteiger partial charge in [0.05, 0.1) is 25.5 Å². The normalized spacial score (nSPS) is 18.3. The van der Waals surface area contributed by atoms with Crippen molar-refractivity contribution in [3.05, 3.63) is 29.6 Å². The van der Waals surface area contributed by atoms with E-state index in [0.717, 1.165) is 18.4 Å². The van der Waals surface area contributed by atoms with Crippen LogP contribution in [0.25, 0.3) is 0 Å². The van der Waals surface area contributed by atoms with Gasteiger partial charge in [-0.05, 0) is 37.5 Å². The number of nitrogens with zero attached hydrogens (tertiary/aromatic N) is 3. The van der Waals surface area contributed by atoms with Gasteiger partial charge in [-0.25, -0.2) is 9.18 Å². The molecule has 2 aliphatic heterocycles. The third-order valence-corrected chi connectivity index (χ3v) is 5.41. The standard InChI is InChI=1S/C21H32FN5O3/c1-3-30-21(28)27-8-6-17(7-9-27)25-20(23-2)24-15-16-4-5-19(18(22)14-16)26-10-12-29-13-11-26/h4-5,14,17H,3,6-13,15H2,1-2H3,(H2,23,24,25). The molecule has 0 unspecified atom stereocenters. The number of rotatable bonds is 5. The van der Waals surface area contributed by atoms with Crippen LogP contribution in [0.1, 0.15) is 25.3 Å². The van der Waals surface area contributed by atoms with Crippen molar-refractivity contribution in [2.75, 3.05) is 57.9 Å². The molecule has 2 aliphatic rings. The summed E-state index contributed by atoms with van der Waals surface area (Å²) in [7, 11) is 1.71. The maximum Gasteiger partial charge on any atom is 0.409 e. The summed E-state index contributed by atoms with van der Waals surface area (Å²) in [6, 6.07) is 5.57. The van der Waals surface area contributed by atoms with E-state index >= 15 is 0 Å². The molecule has 0 aromatic heterocycles. The van der Waals surface area contributed by atoms with Gasteiger partial charge in [-0.3, -0.25) is 4.99 Å². The van der Waals surface area contributed by atoms with Gasteiger partial charge in [0.15, 0.2) is 5.96 Å². The number of piperidine rings is 1. The van der Waals surface area contributed by atoms with Gasteiger partial charge in [0, 0.05) is 45.8 Å². The van der Waals surface area contributed by atoms with Crippen molar-refractivity contribution in [1.82, 2.24) is 15.5 Å². The molecule has 0 radical (unpaired) electrons. The number of morpholine rings is 1. The molecule has 0 bridgehead atoms. The first-order chi connectivity index (χ1) is 14.6. The quantitative estimate of drug-likeness (QED) is 0.559. The summed E-state index contributed by atoms with van der Waals surface area (Å²) in [6.45, 7) is 6.66. The Morgan fingerprint density at radius 3 is 2.63 bits per heavy atom. The number of nitrogens with one attached hydrogen (secondary N) is 2. The molecule has 0 atom stereocenters. The second-order valence-electron chi connectivity index (χ2n) is 7.42. The van der Waals surface area contributed by atoms with Gasteiger partial charge < -0.3 is 29.9 Å². The number of ether oxygens (including phenoxy) is 2. The van der Waals surface area contributed by atoms with E-state index in [2.05, 4.69) is 15.6 Å². The predicted molar refractivity (Wildman–Crippen MR) is 114 cm³/mol. The third kappa shape index (κ3) is 5.98. The molecule has 1 aromatic carbocycles. The van der Waals surface area contributed by atoms with Crippen molar-refractivity contribution >= 4 is 17.7 Å². The van der Waals surface area contributed by atoms with Crippen molar-refractivity contribution < 1.29 is 18.7 Å². The largest absolute Gasteiger partial charge is 0.450 e. The minimum Gasteiger partial charge on any atom is -0.450 e. The fourth-order valence-electron chi connectivity index (χ4n) is 3.72. The van der Waals surface area contributed by atoms with E-state index in [-0.39, 0.29) is 18.0 Å². The fourth-order valence-corrected chi connectivity index (χ4v) is 3.72. The lowest BCUT2D eigenvalue weighted by Crippen LogP contribution is -2.49.